The number of hydrogen-bond donors (Lipinski definition) is 2. The van der Waals surface area contributed by atoms with Crippen molar-refractivity contribution in [1.29, 1.82) is 0 Å². The minimum atomic E-state index is -0.942. The highest BCUT2D eigenvalue weighted by Gasteiger charge is 2.23. The van der Waals surface area contributed by atoms with E-state index in [4.69, 9.17) is 5.73 Å². The molecular formula is C14H17NO2S2. The minimum absolute atomic E-state index is 0.214. The van der Waals surface area contributed by atoms with Crippen molar-refractivity contribution in [1.82, 2.24) is 0 Å². The molecule has 0 aromatic carbocycles. The summed E-state index contributed by atoms with van der Waals surface area (Å²) in [5.74, 6) is -0.727. The predicted octanol–water partition coefficient (Wildman–Crippen LogP) is 4.44. The number of nitrogens with two attached hydrogens (primary N) is 1. The summed E-state index contributed by atoms with van der Waals surface area (Å²) in [5.41, 5.74) is 7.41. The predicted molar refractivity (Wildman–Crippen MR) is 82.5 cm³/mol. The van der Waals surface area contributed by atoms with E-state index >= 15 is 0 Å². The fraction of sp³-hybridized carbons (Fsp3) is 0.357. The van der Waals surface area contributed by atoms with Crippen molar-refractivity contribution in [2.75, 3.05) is 5.73 Å². The van der Waals surface area contributed by atoms with Gasteiger partial charge in [0.1, 0.15) is 4.88 Å². The second kappa shape index (κ2) is 5.35. The van der Waals surface area contributed by atoms with Crippen molar-refractivity contribution in [3.8, 4) is 9.75 Å². The Kier molecular flexibility index (Phi) is 3.96. The van der Waals surface area contributed by atoms with Gasteiger partial charge in [0.25, 0.3) is 0 Å². The Bertz CT molecular complexity index is 611. The molecule has 0 saturated carbocycles. The summed E-state index contributed by atoms with van der Waals surface area (Å²) >= 11 is 3.00. The molecular weight excluding hydrogens is 278 g/mol. The van der Waals surface area contributed by atoms with Crippen LogP contribution >= 0.6 is 22.7 Å². The maximum Gasteiger partial charge on any atom is 0.348 e. The molecule has 0 fully saturated rings. The number of hydrogen-bond acceptors (Lipinski definition) is 4. The topological polar surface area (TPSA) is 63.3 Å². The molecule has 2 aromatic rings. The second-order valence-corrected chi connectivity index (χ2v) is 6.86. The molecule has 0 saturated heterocycles. The van der Waals surface area contributed by atoms with Crippen LogP contribution in [0.4, 0.5) is 5.69 Å². The number of thiophene rings is 2. The van der Waals surface area contributed by atoms with E-state index in [0.717, 1.165) is 21.7 Å². The van der Waals surface area contributed by atoms with E-state index in [-0.39, 0.29) is 10.8 Å². The molecule has 0 bridgehead atoms. The molecule has 0 aliphatic rings. The smallest absolute Gasteiger partial charge is 0.348 e. The van der Waals surface area contributed by atoms with Crippen LogP contribution in [0, 0.1) is 0 Å². The van der Waals surface area contributed by atoms with Gasteiger partial charge in [-0.15, -0.1) is 22.7 Å². The molecule has 0 radical (unpaired) electrons. The van der Waals surface area contributed by atoms with Gasteiger partial charge in [0.2, 0.25) is 0 Å². The lowest BCUT2D eigenvalue weighted by atomic mass is 10.0. The van der Waals surface area contributed by atoms with Crippen molar-refractivity contribution in [2.45, 2.75) is 33.1 Å². The normalized spacial score (nSPS) is 11.2. The van der Waals surface area contributed by atoms with E-state index in [2.05, 4.69) is 19.1 Å². The minimum Gasteiger partial charge on any atom is -0.477 e. The fourth-order valence-corrected chi connectivity index (χ4v) is 4.35. The average Bonchev–Trinajstić information content (AvgIpc) is 2.92. The molecule has 0 spiro atoms. The number of anilines is 1. The molecule has 3 N–H and O–H groups in total. The van der Waals surface area contributed by atoms with E-state index in [1.807, 2.05) is 13.8 Å². The van der Waals surface area contributed by atoms with Crippen LogP contribution in [0.3, 0.4) is 0 Å². The van der Waals surface area contributed by atoms with Crippen LogP contribution in [-0.2, 0) is 6.42 Å². The highest BCUT2D eigenvalue weighted by Crippen LogP contribution is 2.44. The largest absolute Gasteiger partial charge is 0.477 e. The van der Waals surface area contributed by atoms with Gasteiger partial charge in [0.15, 0.2) is 0 Å². The third-order valence-corrected chi connectivity index (χ3v) is 5.61. The first-order chi connectivity index (χ1) is 8.95. The van der Waals surface area contributed by atoms with Gasteiger partial charge in [0.05, 0.1) is 10.6 Å². The third-order valence-electron chi connectivity index (χ3n) is 2.99. The monoisotopic (exact) mass is 295 g/mol. The molecule has 0 aliphatic carbocycles. The van der Waals surface area contributed by atoms with E-state index in [1.165, 1.54) is 16.2 Å². The van der Waals surface area contributed by atoms with Gasteiger partial charge in [-0.05, 0) is 30.0 Å². The van der Waals surface area contributed by atoms with Crippen LogP contribution in [0.15, 0.2) is 12.1 Å². The zero-order chi connectivity index (χ0) is 14.2. The zero-order valence-corrected chi connectivity index (χ0v) is 12.8. The summed E-state index contributed by atoms with van der Waals surface area (Å²) < 4.78 is 0. The molecule has 3 nitrogen and oxygen atoms in total. The number of nitrogen functional groups attached to an aromatic ring is 1. The molecule has 0 unspecified atom stereocenters. The van der Waals surface area contributed by atoms with E-state index in [0.29, 0.717) is 5.69 Å². The van der Waals surface area contributed by atoms with Crippen molar-refractivity contribution in [3.05, 3.63) is 27.5 Å². The number of carboxylic acids is 1. The summed E-state index contributed by atoms with van der Waals surface area (Å²) in [4.78, 5) is 14.9. The number of carboxylic acid groups (broad SMARTS) is 1. The first kappa shape index (κ1) is 14.1. The Hall–Kier alpha value is -1.33. The van der Waals surface area contributed by atoms with Gasteiger partial charge < -0.3 is 10.8 Å². The Morgan fingerprint density at radius 1 is 1.37 bits per heavy atom. The number of aryl methyl sites for hydroxylation is 1. The lowest BCUT2D eigenvalue weighted by Crippen LogP contribution is -2.00. The fourth-order valence-electron chi connectivity index (χ4n) is 2.06. The summed E-state index contributed by atoms with van der Waals surface area (Å²) in [6.45, 7) is 6.20. The molecule has 2 rings (SSSR count). The van der Waals surface area contributed by atoms with Crippen molar-refractivity contribution in [2.24, 2.45) is 0 Å². The molecule has 0 amide bonds. The highest BCUT2D eigenvalue weighted by molar-refractivity contribution is 7.23. The van der Waals surface area contributed by atoms with Crippen molar-refractivity contribution >= 4 is 34.3 Å². The lowest BCUT2D eigenvalue weighted by Gasteiger charge is -2.07. The quantitative estimate of drug-likeness (QED) is 0.876. The van der Waals surface area contributed by atoms with Crippen LogP contribution in [0.1, 0.15) is 46.8 Å². The Morgan fingerprint density at radius 2 is 2.05 bits per heavy atom. The van der Waals surface area contributed by atoms with Gasteiger partial charge in [-0.1, -0.05) is 20.8 Å². The van der Waals surface area contributed by atoms with Crippen LogP contribution < -0.4 is 5.73 Å². The number of rotatable bonds is 4. The van der Waals surface area contributed by atoms with Gasteiger partial charge in [-0.25, -0.2) is 4.79 Å². The van der Waals surface area contributed by atoms with Gasteiger partial charge >= 0.3 is 5.97 Å². The Balaban J connectivity index is 2.61. The van der Waals surface area contributed by atoms with Crippen LogP contribution in [0.2, 0.25) is 0 Å². The summed E-state index contributed by atoms with van der Waals surface area (Å²) in [5, 5.41) is 9.22. The molecule has 102 valence electrons. The van der Waals surface area contributed by atoms with Gasteiger partial charge in [-0.3, -0.25) is 0 Å². The summed E-state index contributed by atoms with van der Waals surface area (Å²) in [6, 6.07) is 4.16. The van der Waals surface area contributed by atoms with Crippen LogP contribution in [-0.4, -0.2) is 11.1 Å². The van der Waals surface area contributed by atoms with Crippen LogP contribution in [0.25, 0.3) is 9.75 Å². The Labute approximate surface area is 120 Å². The Morgan fingerprint density at radius 3 is 2.53 bits per heavy atom. The first-order valence-electron chi connectivity index (χ1n) is 6.20. The molecule has 0 atom stereocenters. The molecule has 2 heterocycles. The van der Waals surface area contributed by atoms with Crippen molar-refractivity contribution < 1.29 is 9.90 Å². The van der Waals surface area contributed by atoms with Crippen LogP contribution in [0.5, 0.6) is 0 Å². The molecule has 2 aromatic heterocycles. The lowest BCUT2D eigenvalue weighted by molar-refractivity contribution is 0.0703. The van der Waals surface area contributed by atoms with E-state index in [9.17, 15) is 9.90 Å². The molecule has 0 aliphatic heterocycles. The van der Waals surface area contributed by atoms with E-state index in [1.54, 1.807) is 11.3 Å². The van der Waals surface area contributed by atoms with Gasteiger partial charge in [0, 0.05) is 9.75 Å². The third kappa shape index (κ3) is 2.53. The van der Waals surface area contributed by atoms with Gasteiger partial charge in [-0.2, -0.15) is 0 Å². The number of carbonyl (C=O) groups is 1. The molecule has 5 heteroatoms. The SMILES string of the molecule is CCc1ccc(-c2sc(C(=O)O)c(N)c2C(C)C)s1. The summed E-state index contributed by atoms with van der Waals surface area (Å²) in [7, 11) is 0. The first-order valence-corrected chi connectivity index (χ1v) is 7.83. The highest BCUT2D eigenvalue weighted by atomic mass is 32.1. The average molecular weight is 295 g/mol. The number of aromatic carboxylic acids is 1. The standard InChI is InChI=1S/C14H17NO2S2/c1-4-8-5-6-9(18-8)12-10(7(2)3)11(15)13(19-12)14(16)17/h5-7H,4,15H2,1-3H3,(H,16,17). The molecule has 19 heavy (non-hydrogen) atoms. The van der Waals surface area contributed by atoms with Crippen molar-refractivity contribution in [3.63, 3.8) is 0 Å². The summed E-state index contributed by atoms with van der Waals surface area (Å²) in [6.07, 6.45) is 0.994. The maximum atomic E-state index is 11.2. The second-order valence-electron chi connectivity index (χ2n) is 4.67. The maximum absolute atomic E-state index is 11.2. The zero-order valence-electron chi connectivity index (χ0n) is 11.2. The van der Waals surface area contributed by atoms with E-state index < -0.39 is 5.97 Å².